The average molecular weight is 352 g/mol. The summed E-state index contributed by atoms with van der Waals surface area (Å²) in [5.74, 6) is -0.0897. The minimum absolute atomic E-state index is 0.0593. The Morgan fingerprint density at radius 1 is 0.962 bits per heavy atom. The molecule has 0 aliphatic heterocycles. The monoisotopic (exact) mass is 352 g/mol. The second-order valence-corrected chi connectivity index (χ2v) is 6.71. The van der Waals surface area contributed by atoms with E-state index in [0.29, 0.717) is 12.1 Å². The van der Waals surface area contributed by atoms with Gasteiger partial charge in [-0.2, -0.15) is 0 Å². The van der Waals surface area contributed by atoms with Gasteiger partial charge in [-0.3, -0.25) is 9.59 Å². The van der Waals surface area contributed by atoms with Gasteiger partial charge in [-0.25, -0.2) is 0 Å². The number of nitrogens with zero attached hydrogens (tertiary/aromatic N) is 1. The van der Waals surface area contributed by atoms with E-state index in [9.17, 15) is 9.59 Å². The van der Waals surface area contributed by atoms with Crippen molar-refractivity contribution in [2.24, 2.45) is 0 Å². The number of benzene rings is 2. The molecule has 1 N–H and O–H groups in total. The number of amides is 2. The zero-order valence-corrected chi connectivity index (χ0v) is 15.8. The number of carbonyl (C=O) groups is 2. The molecule has 0 aromatic heterocycles. The summed E-state index contributed by atoms with van der Waals surface area (Å²) in [6, 6.07) is 19.0. The lowest BCUT2D eigenvalue weighted by Crippen LogP contribution is -2.42. The van der Waals surface area contributed by atoms with Gasteiger partial charge in [0.15, 0.2) is 0 Å². The van der Waals surface area contributed by atoms with Crippen molar-refractivity contribution in [2.45, 2.75) is 52.2 Å². The molecule has 2 atom stereocenters. The third kappa shape index (κ3) is 5.73. The fraction of sp³-hybridized carbons (Fsp3) is 0.364. The highest BCUT2D eigenvalue weighted by Gasteiger charge is 2.22. The van der Waals surface area contributed by atoms with E-state index < -0.39 is 0 Å². The van der Waals surface area contributed by atoms with Crippen LogP contribution < -0.4 is 5.32 Å². The molecule has 0 bridgehead atoms. The molecule has 2 aromatic carbocycles. The van der Waals surface area contributed by atoms with Crippen LogP contribution in [0.4, 0.5) is 0 Å². The zero-order valence-electron chi connectivity index (χ0n) is 15.8. The van der Waals surface area contributed by atoms with Gasteiger partial charge in [0, 0.05) is 30.6 Å². The summed E-state index contributed by atoms with van der Waals surface area (Å²) in [6.07, 6.45) is 1.18. The van der Waals surface area contributed by atoms with Crippen molar-refractivity contribution in [3.63, 3.8) is 0 Å². The molecular weight excluding hydrogens is 324 g/mol. The van der Waals surface area contributed by atoms with Gasteiger partial charge >= 0.3 is 0 Å². The van der Waals surface area contributed by atoms with Crippen LogP contribution >= 0.6 is 0 Å². The Kier molecular flexibility index (Phi) is 7.39. The Balaban J connectivity index is 1.98. The summed E-state index contributed by atoms with van der Waals surface area (Å²) >= 11 is 0. The van der Waals surface area contributed by atoms with Gasteiger partial charge in [-0.15, -0.1) is 0 Å². The van der Waals surface area contributed by atoms with Gasteiger partial charge < -0.3 is 10.2 Å². The van der Waals surface area contributed by atoms with Crippen molar-refractivity contribution >= 4 is 11.8 Å². The Bertz CT molecular complexity index is 701. The molecule has 0 saturated heterocycles. The SMILES string of the molecule is CCC(C)N(Cc1ccccc1)C(=O)CC(C)NC(=O)c1ccccc1. The molecular formula is C22H28N2O2. The molecule has 2 aromatic rings. The van der Waals surface area contributed by atoms with E-state index in [1.165, 1.54) is 0 Å². The largest absolute Gasteiger partial charge is 0.349 e. The summed E-state index contributed by atoms with van der Waals surface area (Å²) in [7, 11) is 0. The van der Waals surface area contributed by atoms with Crippen molar-refractivity contribution in [3.8, 4) is 0 Å². The number of carbonyl (C=O) groups excluding carboxylic acids is 2. The average Bonchev–Trinajstić information content (AvgIpc) is 2.66. The first kappa shape index (κ1) is 19.7. The van der Waals surface area contributed by atoms with E-state index in [1.807, 2.05) is 60.4 Å². The highest BCUT2D eigenvalue weighted by Crippen LogP contribution is 2.13. The van der Waals surface area contributed by atoms with Gasteiger partial charge in [0.05, 0.1) is 0 Å². The van der Waals surface area contributed by atoms with Crippen LogP contribution in [0.5, 0.6) is 0 Å². The molecule has 0 heterocycles. The molecule has 2 rings (SSSR count). The van der Waals surface area contributed by atoms with Crippen LogP contribution in [-0.4, -0.2) is 28.8 Å². The van der Waals surface area contributed by atoms with Crippen LogP contribution in [0.15, 0.2) is 60.7 Å². The molecule has 0 spiro atoms. The maximum absolute atomic E-state index is 12.9. The standard InChI is InChI=1S/C22H28N2O2/c1-4-18(3)24(16-19-11-7-5-8-12-19)21(25)15-17(2)23-22(26)20-13-9-6-10-14-20/h5-14,17-18H,4,15-16H2,1-3H3,(H,23,26). The lowest BCUT2D eigenvalue weighted by molar-refractivity contribution is -0.134. The lowest BCUT2D eigenvalue weighted by atomic mass is 10.1. The van der Waals surface area contributed by atoms with E-state index in [4.69, 9.17) is 0 Å². The minimum Gasteiger partial charge on any atom is -0.349 e. The van der Waals surface area contributed by atoms with E-state index in [0.717, 1.165) is 12.0 Å². The highest BCUT2D eigenvalue weighted by atomic mass is 16.2. The van der Waals surface area contributed by atoms with Gasteiger partial charge in [0.2, 0.25) is 5.91 Å². The predicted octanol–water partition coefficient (Wildman–Crippen LogP) is 4.02. The predicted molar refractivity (Wildman–Crippen MR) is 105 cm³/mol. The Morgan fingerprint density at radius 3 is 2.12 bits per heavy atom. The molecule has 0 fully saturated rings. The summed E-state index contributed by atoms with van der Waals surface area (Å²) in [4.78, 5) is 27.0. The van der Waals surface area contributed by atoms with E-state index in [2.05, 4.69) is 19.2 Å². The van der Waals surface area contributed by atoms with Crippen molar-refractivity contribution < 1.29 is 9.59 Å². The maximum atomic E-state index is 12.9. The van der Waals surface area contributed by atoms with Crippen molar-refractivity contribution in [2.75, 3.05) is 0 Å². The first-order valence-electron chi connectivity index (χ1n) is 9.20. The molecule has 0 aliphatic carbocycles. The first-order valence-corrected chi connectivity index (χ1v) is 9.20. The molecule has 0 radical (unpaired) electrons. The molecule has 4 nitrogen and oxygen atoms in total. The summed E-state index contributed by atoms with van der Waals surface area (Å²) in [6.45, 7) is 6.61. The molecule has 4 heteroatoms. The second-order valence-electron chi connectivity index (χ2n) is 6.71. The number of nitrogens with one attached hydrogen (secondary N) is 1. The summed E-state index contributed by atoms with van der Waals surface area (Å²) < 4.78 is 0. The van der Waals surface area contributed by atoms with Crippen LogP contribution in [0.3, 0.4) is 0 Å². The fourth-order valence-electron chi connectivity index (χ4n) is 2.82. The topological polar surface area (TPSA) is 49.4 Å². The van der Waals surface area contributed by atoms with Crippen LogP contribution in [0.1, 0.15) is 49.5 Å². The minimum atomic E-state index is -0.225. The van der Waals surface area contributed by atoms with Gasteiger partial charge in [-0.1, -0.05) is 55.5 Å². The normalized spacial score (nSPS) is 12.9. The number of rotatable bonds is 8. The van der Waals surface area contributed by atoms with E-state index >= 15 is 0 Å². The molecule has 0 saturated carbocycles. The van der Waals surface area contributed by atoms with Crippen LogP contribution in [0, 0.1) is 0 Å². The Labute approximate surface area is 156 Å². The highest BCUT2D eigenvalue weighted by molar-refractivity contribution is 5.94. The molecule has 138 valence electrons. The van der Waals surface area contributed by atoms with Gasteiger partial charge in [-0.05, 0) is 38.0 Å². The van der Waals surface area contributed by atoms with Crippen LogP contribution in [0.2, 0.25) is 0 Å². The van der Waals surface area contributed by atoms with E-state index in [1.54, 1.807) is 12.1 Å². The van der Waals surface area contributed by atoms with Crippen molar-refractivity contribution in [1.82, 2.24) is 10.2 Å². The van der Waals surface area contributed by atoms with Crippen LogP contribution in [-0.2, 0) is 11.3 Å². The fourth-order valence-corrected chi connectivity index (χ4v) is 2.82. The van der Waals surface area contributed by atoms with E-state index in [-0.39, 0.29) is 30.3 Å². The Morgan fingerprint density at radius 2 is 1.54 bits per heavy atom. The summed E-state index contributed by atoms with van der Waals surface area (Å²) in [5.41, 5.74) is 1.72. The smallest absolute Gasteiger partial charge is 0.251 e. The second kappa shape index (κ2) is 9.76. The molecule has 2 amide bonds. The molecule has 2 unspecified atom stereocenters. The maximum Gasteiger partial charge on any atom is 0.251 e. The van der Waals surface area contributed by atoms with Crippen molar-refractivity contribution in [3.05, 3.63) is 71.8 Å². The third-order valence-corrected chi connectivity index (χ3v) is 4.53. The number of hydrogen-bond donors (Lipinski definition) is 1. The number of hydrogen-bond acceptors (Lipinski definition) is 2. The first-order chi connectivity index (χ1) is 12.5. The van der Waals surface area contributed by atoms with Gasteiger partial charge in [0.1, 0.15) is 0 Å². The quantitative estimate of drug-likeness (QED) is 0.780. The molecule has 0 aliphatic rings. The molecule has 26 heavy (non-hydrogen) atoms. The Hall–Kier alpha value is -2.62. The lowest BCUT2D eigenvalue weighted by Gasteiger charge is -2.30. The van der Waals surface area contributed by atoms with Crippen LogP contribution in [0.25, 0.3) is 0 Å². The zero-order chi connectivity index (χ0) is 18.9. The van der Waals surface area contributed by atoms with Gasteiger partial charge in [0.25, 0.3) is 5.91 Å². The summed E-state index contributed by atoms with van der Waals surface area (Å²) in [5, 5.41) is 2.92. The third-order valence-electron chi connectivity index (χ3n) is 4.53. The van der Waals surface area contributed by atoms with Crippen molar-refractivity contribution in [1.29, 1.82) is 0 Å².